The number of rotatable bonds is 3. The van der Waals surface area contributed by atoms with Crippen molar-refractivity contribution < 1.29 is 9.21 Å². The SMILES string of the molecule is CCN(C(=O)c1cc2cc(N)ccc2o1)C1CC1. The number of furan rings is 1. The highest BCUT2D eigenvalue weighted by atomic mass is 16.3. The maximum Gasteiger partial charge on any atom is 0.289 e. The lowest BCUT2D eigenvalue weighted by Crippen LogP contribution is -2.32. The highest BCUT2D eigenvalue weighted by molar-refractivity contribution is 5.96. The lowest BCUT2D eigenvalue weighted by Gasteiger charge is -2.18. The van der Waals surface area contributed by atoms with E-state index in [0.29, 0.717) is 23.1 Å². The number of benzene rings is 1. The summed E-state index contributed by atoms with van der Waals surface area (Å²) >= 11 is 0. The van der Waals surface area contributed by atoms with Crippen molar-refractivity contribution in [3.8, 4) is 0 Å². The predicted octanol–water partition coefficient (Wildman–Crippen LogP) is 2.64. The van der Waals surface area contributed by atoms with Crippen LogP contribution in [0.3, 0.4) is 0 Å². The first-order valence-electron chi connectivity index (χ1n) is 6.29. The fourth-order valence-electron chi connectivity index (χ4n) is 2.26. The van der Waals surface area contributed by atoms with Crippen LogP contribution in [0.2, 0.25) is 0 Å². The molecule has 2 N–H and O–H groups in total. The van der Waals surface area contributed by atoms with E-state index < -0.39 is 0 Å². The summed E-state index contributed by atoms with van der Waals surface area (Å²) in [5.41, 5.74) is 7.10. The third-order valence-electron chi connectivity index (χ3n) is 3.34. The van der Waals surface area contributed by atoms with Gasteiger partial charge in [-0.05, 0) is 44.0 Å². The van der Waals surface area contributed by atoms with Gasteiger partial charge in [0.05, 0.1) is 0 Å². The number of fused-ring (bicyclic) bond motifs is 1. The molecule has 94 valence electrons. The maximum atomic E-state index is 12.3. The quantitative estimate of drug-likeness (QED) is 0.844. The van der Waals surface area contributed by atoms with Gasteiger partial charge in [-0.2, -0.15) is 0 Å². The molecule has 1 aromatic heterocycles. The van der Waals surface area contributed by atoms with Crippen LogP contribution in [-0.2, 0) is 0 Å². The van der Waals surface area contributed by atoms with Crippen LogP contribution < -0.4 is 5.73 Å². The first kappa shape index (κ1) is 11.1. The number of nitrogens with two attached hydrogens (primary N) is 1. The van der Waals surface area contributed by atoms with Crippen molar-refractivity contribution in [3.63, 3.8) is 0 Å². The number of carbonyl (C=O) groups excluding carboxylic acids is 1. The number of hydrogen-bond acceptors (Lipinski definition) is 3. The monoisotopic (exact) mass is 244 g/mol. The topological polar surface area (TPSA) is 59.5 Å². The van der Waals surface area contributed by atoms with Crippen LogP contribution in [0.25, 0.3) is 11.0 Å². The molecule has 0 bridgehead atoms. The van der Waals surface area contributed by atoms with E-state index in [9.17, 15) is 4.79 Å². The third kappa shape index (κ3) is 1.83. The fraction of sp³-hybridized carbons (Fsp3) is 0.357. The Labute approximate surface area is 105 Å². The Morgan fingerprint density at radius 1 is 1.44 bits per heavy atom. The van der Waals surface area contributed by atoms with Gasteiger partial charge in [0, 0.05) is 23.7 Å². The molecule has 3 rings (SSSR count). The largest absolute Gasteiger partial charge is 0.451 e. The van der Waals surface area contributed by atoms with Gasteiger partial charge in [-0.15, -0.1) is 0 Å². The Kier molecular flexibility index (Phi) is 2.51. The number of anilines is 1. The summed E-state index contributed by atoms with van der Waals surface area (Å²) in [6.45, 7) is 2.72. The van der Waals surface area contributed by atoms with Crippen molar-refractivity contribution in [2.75, 3.05) is 12.3 Å². The van der Waals surface area contributed by atoms with E-state index >= 15 is 0 Å². The first-order valence-corrected chi connectivity index (χ1v) is 6.29. The van der Waals surface area contributed by atoms with Gasteiger partial charge in [-0.1, -0.05) is 0 Å². The number of nitrogen functional groups attached to an aromatic ring is 1. The lowest BCUT2D eigenvalue weighted by molar-refractivity contribution is 0.0723. The van der Waals surface area contributed by atoms with Crippen molar-refractivity contribution in [1.82, 2.24) is 4.90 Å². The second-order valence-corrected chi connectivity index (χ2v) is 4.73. The fourth-order valence-corrected chi connectivity index (χ4v) is 2.26. The Morgan fingerprint density at radius 3 is 2.89 bits per heavy atom. The zero-order valence-electron chi connectivity index (χ0n) is 10.3. The molecule has 0 aliphatic heterocycles. The summed E-state index contributed by atoms with van der Waals surface area (Å²) in [6, 6.07) is 7.58. The van der Waals surface area contributed by atoms with Gasteiger partial charge in [-0.25, -0.2) is 0 Å². The molecule has 4 heteroatoms. The van der Waals surface area contributed by atoms with Crippen molar-refractivity contribution in [2.45, 2.75) is 25.8 Å². The molecule has 0 unspecified atom stereocenters. The van der Waals surface area contributed by atoms with Crippen molar-refractivity contribution in [2.24, 2.45) is 0 Å². The molecule has 1 aliphatic carbocycles. The summed E-state index contributed by atoms with van der Waals surface area (Å²) in [5, 5.41) is 0.880. The number of hydrogen-bond donors (Lipinski definition) is 1. The summed E-state index contributed by atoms with van der Waals surface area (Å²) < 4.78 is 5.60. The van der Waals surface area contributed by atoms with Gasteiger partial charge in [0.15, 0.2) is 5.76 Å². The molecule has 4 nitrogen and oxygen atoms in total. The highest BCUT2D eigenvalue weighted by Gasteiger charge is 2.33. The van der Waals surface area contributed by atoms with Gasteiger partial charge in [-0.3, -0.25) is 4.79 Å². The van der Waals surface area contributed by atoms with Gasteiger partial charge < -0.3 is 15.1 Å². The van der Waals surface area contributed by atoms with Gasteiger partial charge in [0.25, 0.3) is 5.91 Å². The molecule has 0 radical (unpaired) electrons. The average Bonchev–Trinajstić information content (AvgIpc) is 3.08. The molecule has 1 saturated carbocycles. The second-order valence-electron chi connectivity index (χ2n) is 4.73. The van der Waals surface area contributed by atoms with Crippen molar-refractivity contribution in [1.29, 1.82) is 0 Å². The molecule has 1 amide bonds. The zero-order valence-corrected chi connectivity index (χ0v) is 10.3. The molecule has 2 aromatic rings. The minimum Gasteiger partial charge on any atom is -0.451 e. The molecule has 1 fully saturated rings. The molecule has 18 heavy (non-hydrogen) atoms. The zero-order chi connectivity index (χ0) is 12.7. The van der Waals surface area contributed by atoms with Crippen molar-refractivity contribution in [3.05, 3.63) is 30.0 Å². The molecule has 1 heterocycles. The summed E-state index contributed by atoms with van der Waals surface area (Å²) in [6.07, 6.45) is 2.21. The van der Waals surface area contributed by atoms with Crippen LogP contribution in [0.15, 0.2) is 28.7 Å². The minimum absolute atomic E-state index is 0.0187. The van der Waals surface area contributed by atoms with Crippen molar-refractivity contribution >= 4 is 22.6 Å². The Bertz CT molecular complexity index is 599. The standard InChI is InChI=1S/C14H16N2O2/c1-2-16(11-4-5-11)14(17)13-8-9-7-10(15)3-6-12(9)18-13/h3,6-8,11H,2,4-5,15H2,1H3. The second kappa shape index (κ2) is 4.05. The molecular formula is C14H16N2O2. The van der Waals surface area contributed by atoms with E-state index in [0.717, 1.165) is 24.8 Å². The smallest absolute Gasteiger partial charge is 0.289 e. The molecular weight excluding hydrogens is 228 g/mol. The predicted molar refractivity (Wildman–Crippen MR) is 70.4 cm³/mol. The number of amides is 1. The number of nitrogens with zero attached hydrogens (tertiary/aromatic N) is 1. The summed E-state index contributed by atoms with van der Waals surface area (Å²) in [5.74, 6) is 0.388. The summed E-state index contributed by atoms with van der Waals surface area (Å²) in [4.78, 5) is 14.2. The van der Waals surface area contributed by atoms with E-state index in [4.69, 9.17) is 10.2 Å². The Balaban J connectivity index is 1.95. The molecule has 0 atom stereocenters. The molecule has 0 spiro atoms. The molecule has 1 aliphatic rings. The lowest BCUT2D eigenvalue weighted by atomic mass is 10.2. The van der Waals surface area contributed by atoms with E-state index in [1.165, 1.54) is 0 Å². The average molecular weight is 244 g/mol. The number of carbonyl (C=O) groups is 1. The Hall–Kier alpha value is -1.97. The van der Waals surface area contributed by atoms with Gasteiger partial charge in [0.1, 0.15) is 5.58 Å². The van der Waals surface area contributed by atoms with Crippen LogP contribution in [0.5, 0.6) is 0 Å². The molecule has 0 saturated heterocycles. The van der Waals surface area contributed by atoms with Crippen LogP contribution in [0, 0.1) is 0 Å². The van der Waals surface area contributed by atoms with Gasteiger partial charge in [0.2, 0.25) is 0 Å². The van der Waals surface area contributed by atoms with E-state index in [1.54, 1.807) is 18.2 Å². The van der Waals surface area contributed by atoms with Crippen LogP contribution in [0.4, 0.5) is 5.69 Å². The van der Waals surface area contributed by atoms with Crippen LogP contribution >= 0.6 is 0 Å². The van der Waals surface area contributed by atoms with E-state index in [-0.39, 0.29) is 5.91 Å². The minimum atomic E-state index is -0.0187. The first-order chi connectivity index (χ1) is 8.69. The van der Waals surface area contributed by atoms with Crippen LogP contribution in [-0.4, -0.2) is 23.4 Å². The third-order valence-corrected chi connectivity index (χ3v) is 3.34. The van der Waals surface area contributed by atoms with Crippen LogP contribution in [0.1, 0.15) is 30.3 Å². The van der Waals surface area contributed by atoms with E-state index in [1.807, 2.05) is 17.9 Å². The molecule has 1 aromatic carbocycles. The van der Waals surface area contributed by atoms with E-state index in [2.05, 4.69) is 0 Å². The Morgan fingerprint density at radius 2 is 2.22 bits per heavy atom. The summed E-state index contributed by atoms with van der Waals surface area (Å²) in [7, 11) is 0. The normalized spacial score (nSPS) is 14.9. The van der Waals surface area contributed by atoms with Gasteiger partial charge >= 0.3 is 0 Å². The maximum absolute atomic E-state index is 12.3. The highest BCUT2D eigenvalue weighted by Crippen LogP contribution is 2.29.